The van der Waals surface area contributed by atoms with Crippen molar-refractivity contribution in [2.75, 3.05) is 25.0 Å². The van der Waals surface area contributed by atoms with Crippen LogP contribution in [-0.2, 0) is 0 Å². The van der Waals surface area contributed by atoms with Gasteiger partial charge in [-0.15, -0.1) is 0 Å². The average molecular weight is 296 g/mol. The second-order valence-corrected chi connectivity index (χ2v) is 6.44. The van der Waals surface area contributed by atoms with Crippen molar-refractivity contribution >= 4 is 11.6 Å². The van der Waals surface area contributed by atoms with Gasteiger partial charge in [-0.05, 0) is 50.7 Å². The number of fused-ring (bicyclic) bond motifs is 3. The van der Waals surface area contributed by atoms with Gasteiger partial charge in [-0.3, -0.25) is 4.79 Å². The predicted octanol–water partition coefficient (Wildman–Crippen LogP) is 3.04. The number of hydrogen-bond donors (Lipinski definition) is 0. The average Bonchev–Trinajstić information content (AvgIpc) is 3.13. The van der Waals surface area contributed by atoms with Crippen LogP contribution in [-0.4, -0.2) is 37.0 Å². The highest BCUT2D eigenvalue weighted by atomic mass is 16.3. The highest BCUT2D eigenvalue weighted by Crippen LogP contribution is 2.45. The fraction of sp³-hybridized carbons (Fsp3) is 0.389. The van der Waals surface area contributed by atoms with Crippen molar-refractivity contribution < 1.29 is 9.21 Å². The summed E-state index contributed by atoms with van der Waals surface area (Å²) in [6.45, 7) is 4.14. The fourth-order valence-corrected chi connectivity index (χ4v) is 3.87. The van der Waals surface area contributed by atoms with Gasteiger partial charge in [-0.1, -0.05) is 17.7 Å². The molecule has 0 saturated carbocycles. The van der Waals surface area contributed by atoms with E-state index < -0.39 is 0 Å². The van der Waals surface area contributed by atoms with Crippen molar-refractivity contribution in [3.8, 4) is 0 Å². The van der Waals surface area contributed by atoms with E-state index in [1.54, 1.807) is 18.4 Å². The molecule has 1 aromatic carbocycles. The van der Waals surface area contributed by atoms with Gasteiger partial charge in [0.05, 0.1) is 6.26 Å². The van der Waals surface area contributed by atoms with Gasteiger partial charge < -0.3 is 14.2 Å². The predicted molar refractivity (Wildman–Crippen MR) is 85.3 cm³/mol. The number of anilines is 1. The summed E-state index contributed by atoms with van der Waals surface area (Å²) < 4.78 is 5.35. The number of likely N-dealkylation sites (N-methyl/N-ethyl adjacent to an activating group) is 1. The van der Waals surface area contributed by atoms with E-state index in [-0.39, 0.29) is 11.9 Å². The Balaban J connectivity index is 1.80. The maximum Gasteiger partial charge on any atom is 0.294 e. The van der Waals surface area contributed by atoms with Crippen LogP contribution in [0.4, 0.5) is 5.69 Å². The molecule has 0 bridgehead atoms. The minimum atomic E-state index is -0.0212. The van der Waals surface area contributed by atoms with Crippen LogP contribution in [0.25, 0.3) is 0 Å². The number of hydrogen-bond acceptors (Lipinski definition) is 3. The first kappa shape index (κ1) is 13.6. The normalized spacial score (nSPS) is 24.2. The lowest BCUT2D eigenvalue weighted by atomic mass is 9.89. The zero-order valence-electron chi connectivity index (χ0n) is 13.0. The number of nitrogens with zero attached hydrogens (tertiary/aromatic N) is 2. The fourth-order valence-electron chi connectivity index (χ4n) is 3.87. The van der Waals surface area contributed by atoms with Gasteiger partial charge in [-0.2, -0.15) is 0 Å². The minimum absolute atomic E-state index is 0.0212. The Kier molecular flexibility index (Phi) is 3.08. The molecule has 1 saturated heterocycles. The Morgan fingerprint density at radius 2 is 2.18 bits per heavy atom. The zero-order valence-corrected chi connectivity index (χ0v) is 13.0. The van der Waals surface area contributed by atoms with Crippen molar-refractivity contribution in [1.82, 2.24) is 4.90 Å². The molecule has 0 N–H and O–H groups in total. The number of rotatable bonds is 1. The van der Waals surface area contributed by atoms with Crippen LogP contribution in [0.5, 0.6) is 0 Å². The van der Waals surface area contributed by atoms with Crippen LogP contribution in [0.3, 0.4) is 0 Å². The molecule has 2 atom stereocenters. The molecule has 2 aliphatic heterocycles. The molecule has 2 aromatic rings. The first-order valence-electron chi connectivity index (χ1n) is 7.81. The van der Waals surface area contributed by atoms with Crippen LogP contribution in [0.2, 0.25) is 0 Å². The van der Waals surface area contributed by atoms with Crippen molar-refractivity contribution in [1.29, 1.82) is 0 Å². The summed E-state index contributed by atoms with van der Waals surface area (Å²) in [7, 11) is 2.16. The van der Waals surface area contributed by atoms with Crippen LogP contribution in [0.1, 0.15) is 34.0 Å². The molecule has 4 rings (SSSR count). The Hall–Kier alpha value is -2.07. The summed E-state index contributed by atoms with van der Waals surface area (Å²) in [5, 5.41) is 0. The number of piperidine rings is 1. The lowest BCUT2D eigenvalue weighted by Crippen LogP contribution is -2.47. The Labute approximate surface area is 130 Å². The third-order valence-corrected chi connectivity index (χ3v) is 4.90. The molecule has 1 amide bonds. The molecule has 2 aliphatic rings. The number of benzene rings is 1. The topological polar surface area (TPSA) is 36.7 Å². The van der Waals surface area contributed by atoms with E-state index in [0.29, 0.717) is 11.7 Å². The molecule has 1 aromatic heterocycles. The zero-order chi connectivity index (χ0) is 15.3. The number of aryl methyl sites for hydroxylation is 1. The molecule has 4 heteroatoms. The molecule has 0 aliphatic carbocycles. The Bertz CT molecular complexity index is 708. The summed E-state index contributed by atoms with van der Waals surface area (Å²) in [4.78, 5) is 17.2. The summed E-state index contributed by atoms with van der Waals surface area (Å²) in [6.07, 6.45) is 2.56. The maximum atomic E-state index is 12.9. The third-order valence-electron chi connectivity index (χ3n) is 4.90. The van der Waals surface area contributed by atoms with Crippen LogP contribution in [0, 0.1) is 6.92 Å². The van der Waals surface area contributed by atoms with E-state index in [2.05, 4.69) is 37.1 Å². The number of carbonyl (C=O) groups excluding carboxylic acids is 1. The maximum absolute atomic E-state index is 12.9. The number of carbonyl (C=O) groups is 1. The van der Waals surface area contributed by atoms with Gasteiger partial charge >= 0.3 is 0 Å². The van der Waals surface area contributed by atoms with Gasteiger partial charge in [0.2, 0.25) is 0 Å². The molecular formula is C18H20N2O2. The van der Waals surface area contributed by atoms with Crippen LogP contribution >= 0.6 is 0 Å². The molecule has 4 nitrogen and oxygen atoms in total. The highest BCUT2D eigenvalue weighted by Gasteiger charge is 2.44. The van der Waals surface area contributed by atoms with Crippen molar-refractivity contribution in [3.05, 3.63) is 53.5 Å². The second kappa shape index (κ2) is 4.99. The van der Waals surface area contributed by atoms with Gasteiger partial charge in [0.25, 0.3) is 5.91 Å². The molecule has 22 heavy (non-hydrogen) atoms. The first-order valence-corrected chi connectivity index (χ1v) is 7.81. The molecule has 0 radical (unpaired) electrons. The SMILES string of the molecule is Cc1ccc2c(c1)[C@@H]1CN(C)CC[C@H]1N2C(=O)c1ccco1. The van der Waals surface area contributed by atoms with E-state index in [9.17, 15) is 4.79 Å². The third kappa shape index (κ3) is 1.98. The Morgan fingerprint density at radius 3 is 2.95 bits per heavy atom. The minimum Gasteiger partial charge on any atom is -0.459 e. The second-order valence-electron chi connectivity index (χ2n) is 6.44. The first-order chi connectivity index (χ1) is 10.6. The molecular weight excluding hydrogens is 276 g/mol. The molecule has 0 spiro atoms. The quantitative estimate of drug-likeness (QED) is 0.811. The van der Waals surface area contributed by atoms with Crippen molar-refractivity contribution in [2.24, 2.45) is 0 Å². The molecule has 0 unspecified atom stereocenters. The molecule has 114 valence electrons. The van der Waals surface area contributed by atoms with Crippen molar-refractivity contribution in [2.45, 2.75) is 25.3 Å². The van der Waals surface area contributed by atoms with Gasteiger partial charge in [0.15, 0.2) is 5.76 Å². The van der Waals surface area contributed by atoms with E-state index >= 15 is 0 Å². The standard InChI is InChI=1S/C18H20N2O2/c1-12-5-6-15-13(10-12)14-11-19(2)8-7-16(14)20(15)18(21)17-4-3-9-22-17/h3-6,9-10,14,16H,7-8,11H2,1-2H3/t14-,16+/m0/s1. The monoisotopic (exact) mass is 296 g/mol. The van der Waals surface area contributed by atoms with E-state index in [0.717, 1.165) is 25.2 Å². The number of likely N-dealkylation sites (tertiary alicyclic amines) is 1. The smallest absolute Gasteiger partial charge is 0.294 e. The lowest BCUT2D eigenvalue weighted by Gasteiger charge is -2.36. The number of amides is 1. The highest BCUT2D eigenvalue weighted by molar-refractivity contribution is 6.06. The largest absolute Gasteiger partial charge is 0.459 e. The summed E-state index contributed by atoms with van der Waals surface area (Å²) >= 11 is 0. The van der Waals surface area contributed by atoms with E-state index in [4.69, 9.17) is 4.42 Å². The summed E-state index contributed by atoms with van der Waals surface area (Å²) in [6, 6.07) is 10.2. The van der Waals surface area contributed by atoms with Crippen LogP contribution in [0.15, 0.2) is 41.0 Å². The number of furan rings is 1. The van der Waals surface area contributed by atoms with E-state index in [1.807, 2.05) is 4.90 Å². The van der Waals surface area contributed by atoms with Gasteiger partial charge in [0.1, 0.15) is 0 Å². The summed E-state index contributed by atoms with van der Waals surface area (Å²) in [5.41, 5.74) is 3.60. The van der Waals surface area contributed by atoms with Crippen LogP contribution < -0.4 is 4.90 Å². The molecule has 3 heterocycles. The summed E-state index contributed by atoms with van der Waals surface area (Å²) in [5.74, 6) is 0.797. The lowest BCUT2D eigenvalue weighted by molar-refractivity contribution is 0.0938. The Morgan fingerprint density at radius 1 is 1.32 bits per heavy atom. The molecule has 1 fully saturated rings. The van der Waals surface area contributed by atoms with Crippen molar-refractivity contribution in [3.63, 3.8) is 0 Å². The van der Waals surface area contributed by atoms with Gasteiger partial charge in [0, 0.05) is 24.2 Å². The van der Waals surface area contributed by atoms with Gasteiger partial charge in [-0.25, -0.2) is 0 Å². The van der Waals surface area contributed by atoms with E-state index in [1.165, 1.54) is 11.1 Å².